The Labute approximate surface area is 174 Å². The highest BCUT2D eigenvalue weighted by Gasteiger charge is 2.35. The van der Waals surface area contributed by atoms with Gasteiger partial charge in [-0.25, -0.2) is 4.98 Å². The molecule has 0 radical (unpaired) electrons. The Bertz CT molecular complexity index is 1030. The van der Waals surface area contributed by atoms with E-state index in [1.165, 1.54) is 12.1 Å². The van der Waals surface area contributed by atoms with Gasteiger partial charge in [0, 0.05) is 11.1 Å². The van der Waals surface area contributed by atoms with Crippen LogP contribution in [0.3, 0.4) is 0 Å². The molecule has 0 aliphatic carbocycles. The van der Waals surface area contributed by atoms with E-state index in [9.17, 15) is 39.5 Å². The van der Waals surface area contributed by atoms with Crippen LogP contribution in [0.1, 0.15) is 5.56 Å². The normalized spacial score (nSPS) is 12.5. The molecule has 0 spiro atoms. The number of hydrogen-bond donors (Lipinski definition) is 0. The molecular formula is C20H10F9NO2. The van der Waals surface area contributed by atoms with Gasteiger partial charge in [-0.15, -0.1) is 26.3 Å². The third-order valence-electron chi connectivity index (χ3n) is 3.93. The Morgan fingerprint density at radius 2 is 0.938 bits per heavy atom. The van der Waals surface area contributed by atoms with Crippen molar-refractivity contribution in [3.8, 4) is 34.0 Å². The van der Waals surface area contributed by atoms with Crippen molar-refractivity contribution in [1.29, 1.82) is 0 Å². The summed E-state index contributed by atoms with van der Waals surface area (Å²) >= 11 is 0. The maximum absolute atomic E-state index is 13.5. The lowest BCUT2D eigenvalue weighted by Gasteiger charge is -2.17. The first kappa shape index (κ1) is 23.2. The van der Waals surface area contributed by atoms with Crippen LogP contribution in [0.2, 0.25) is 0 Å². The van der Waals surface area contributed by atoms with Crippen LogP contribution in [0, 0.1) is 0 Å². The summed E-state index contributed by atoms with van der Waals surface area (Å²) in [5.74, 6) is -1.67. The van der Waals surface area contributed by atoms with Crippen molar-refractivity contribution in [2.24, 2.45) is 0 Å². The van der Waals surface area contributed by atoms with Gasteiger partial charge in [-0.2, -0.15) is 13.2 Å². The molecule has 3 nitrogen and oxygen atoms in total. The highest BCUT2D eigenvalue weighted by molar-refractivity contribution is 5.74. The summed E-state index contributed by atoms with van der Waals surface area (Å²) in [6, 6.07) is 9.52. The minimum Gasteiger partial charge on any atom is -0.405 e. The van der Waals surface area contributed by atoms with Gasteiger partial charge < -0.3 is 9.47 Å². The summed E-state index contributed by atoms with van der Waals surface area (Å²) in [7, 11) is 0. The van der Waals surface area contributed by atoms with Crippen LogP contribution < -0.4 is 9.47 Å². The van der Waals surface area contributed by atoms with E-state index in [-0.39, 0.29) is 0 Å². The van der Waals surface area contributed by atoms with Gasteiger partial charge in [0.1, 0.15) is 11.5 Å². The van der Waals surface area contributed by atoms with Crippen LogP contribution in [-0.2, 0) is 6.18 Å². The second kappa shape index (κ2) is 8.24. The molecule has 0 N–H and O–H groups in total. The Morgan fingerprint density at radius 1 is 0.562 bits per heavy atom. The van der Waals surface area contributed by atoms with Gasteiger partial charge in [-0.1, -0.05) is 24.3 Å². The molecule has 0 aliphatic rings. The Balaban J connectivity index is 2.23. The lowest BCUT2D eigenvalue weighted by atomic mass is 10.0. The van der Waals surface area contributed by atoms with Gasteiger partial charge in [-0.05, 0) is 36.4 Å². The molecular weight excluding hydrogens is 457 g/mol. The molecule has 1 aromatic heterocycles. The monoisotopic (exact) mass is 467 g/mol. The molecule has 12 heteroatoms. The number of alkyl halides is 9. The van der Waals surface area contributed by atoms with Crippen LogP contribution in [0.5, 0.6) is 11.5 Å². The van der Waals surface area contributed by atoms with Gasteiger partial charge >= 0.3 is 18.9 Å². The van der Waals surface area contributed by atoms with Crippen molar-refractivity contribution in [2.75, 3.05) is 0 Å². The molecule has 0 aliphatic heterocycles. The predicted octanol–water partition coefficient (Wildman–Crippen LogP) is 7.23. The molecule has 0 saturated heterocycles. The molecule has 3 rings (SSSR count). The number of rotatable bonds is 4. The maximum Gasteiger partial charge on any atom is 0.573 e. The third kappa shape index (κ3) is 5.83. The first-order valence-corrected chi connectivity index (χ1v) is 8.52. The highest BCUT2D eigenvalue weighted by Crippen LogP contribution is 2.40. The second-order valence-corrected chi connectivity index (χ2v) is 6.21. The fourth-order valence-corrected chi connectivity index (χ4v) is 2.75. The number of nitrogens with zero attached hydrogens (tertiary/aromatic N) is 1. The van der Waals surface area contributed by atoms with Crippen molar-refractivity contribution < 1.29 is 49.0 Å². The predicted molar refractivity (Wildman–Crippen MR) is 93.5 cm³/mol. The number of pyridine rings is 1. The minimum atomic E-state index is -5.15. The average molecular weight is 467 g/mol. The van der Waals surface area contributed by atoms with Crippen LogP contribution in [-0.4, -0.2) is 17.7 Å². The zero-order valence-electron chi connectivity index (χ0n) is 15.4. The molecule has 0 amide bonds. The lowest BCUT2D eigenvalue weighted by Crippen LogP contribution is -2.18. The van der Waals surface area contributed by atoms with Crippen molar-refractivity contribution in [2.45, 2.75) is 18.9 Å². The zero-order chi connectivity index (χ0) is 23.7. The third-order valence-corrected chi connectivity index (χ3v) is 3.93. The number of halogens is 9. The van der Waals surface area contributed by atoms with Crippen LogP contribution in [0.25, 0.3) is 22.5 Å². The van der Waals surface area contributed by atoms with Crippen molar-refractivity contribution in [3.63, 3.8) is 0 Å². The van der Waals surface area contributed by atoms with Gasteiger partial charge in [-0.3, -0.25) is 0 Å². The van der Waals surface area contributed by atoms with Crippen LogP contribution in [0.4, 0.5) is 39.5 Å². The second-order valence-electron chi connectivity index (χ2n) is 6.21. The summed E-state index contributed by atoms with van der Waals surface area (Å²) in [4.78, 5) is 3.87. The number of ether oxygens (including phenoxy) is 2. The standard InChI is InChI=1S/C20H10F9NO2/c21-18(22,23)11-9-14(12-5-1-3-7-16(12)31-19(24,25)26)30-15(10-11)13-6-2-4-8-17(13)32-20(27,28)29/h1-10H. The van der Waals surface area contributed by atoms with Gasteiger partial charge in [0.05, 0.1) is 17.0 Å². The van der Waals surface area contributed by atoms with Crippen molar-refractivity contribution in [1.82, 2.24) is 4.98 Å². The maximum atomic E-state index is 13.5. The number of aromatic nitrogens is 1. The molecule has 32 heavy (non-hydrogen) atoms. The molecule has 3 aromatic rings. The van der Waals surface area contributed by atoms with Gasteiger partial charge in [0.2, 0.25) is 0 Å². The summed E-state index contributed by atoms with van der Waals surface area (Å²) in [6.07, 6.45) is -15.3. The summed E-state index contributed by atoms with van der Waals surface area (Å²) in [5.41, 5.74) is -3.45. The first-order chi connectivity index (χ1) is 14.7. The van der Waals surface area contributed by atoms with E-state index in [1.54, 1.807) is 0 Å². The van der Waals surface area contributed by atoms with Crippen molar-refractivity contribution >= 4 is 0 Å². The average Bonchev–Trinajstić information content (AvgIpc) is 2.65. The Kier molecular flexibility index (Phi) is 5.98. The SMILES string of the molecule is FC(F)(F)Oc1ccccc1-c1cc(C(F)(F)F)cc(-c2ccccc2OC(F)(F)F)n1. The molecule has 0 saturated carbocycles. The molecule has 2 aromatic carbocycles. The number of hydrogen-bond acceptors (Lipinski definition) is 3. The minimum absolute atomic E-state index is 0.452. The Hall–Kier alpha value is -3.44. The molecule has 1 heterocycles. The molecule has 0 unspecified atom stereocenters. The van der Waals surface area contributed by atoms with E-state index in [0.29, 0.717) is 12.1 Å². The molecule has 0 fully saturated rings. The van der Waals surface area contributed by atoms with E-state index < -0.39 is 58.5 Å². The quantitative estimate of drug-likeness (QED) is 0.380. The summed E-state index contributed by atoms with van der Waals surface area (Å²) in [6.45, 7) is 0. The van der Waals surface area contributed by atoms with Gasteiger partial charge in [0.25, 0.3) is 0 Å². The van der Waals surface area contributed by atoms with E-state index in [1.807, 2.05) is 0 Å². The lowest BCUT2D eigenvalue weighted by molar-refractivity contribution is -0.275. The number of para-hydroxylation sites is 2. The smallest absolute Gasteiger partial charge is 0.405 e. The molecule has 170 valence electrons. The van der Waals surface area contributed by atoms with E-state index in [2.05, 4.69) is 14.5 Å². The largest absolute Gasteiger partial charge is 0.573 e. The van der Waals surface area contributed by atoms with E-state index >= 15 is 0 Å². The first-order valence-electron chi connectivity index (χ1n) is 8.52. The van der Waals surface area contributed by atoms with E-state index in [0.717, 1.165) is 36.4 Å². The van der Waals surface area contributed by atoms with Gasteiger partial charge in [0.15, 0.2) is 0 Å². The van der Waals surface area contributed by atoms with Crippen molar-refractivity contribution in [3.05, 3.63) is 66.2 Å². The fourth-order valence-electron chi connectivity index (χ4n) is 2.75. The highest BCUT2D eigenvalue weighted by atomic mass is 19.4. The topological polar surface area (TPSA) is 31.4 Å². The zero-order valence-corrected chi connectivity index (χ0v) is 15.4. The summed E-state index contributed by atoms with van der Waals surface area (Å²) in [5, 5.41) is 0. The fraction of sp³-hybridized carbons (Fsp3) is 0.150. The molecule has 0 bridgehead atoms. The van der Waals surface area contributed by atoms with Crippen LogP contribution >= 0.6 is 0 Å². The Morgan fingerprint density at radius 3 is 1.28 bits per heavy atom. The van der Waals surface area contributed by atoms with E-state index in [4.69, 9.17) is 0 Å². The summed E-state index contributed by atoms with van der Waals surface area (Å²) < 4.78 is 124. The number of benzene rings is 2. The molecule has 0 atom stereocenters. The van der Waals surface area contributed by atoms with Crippen LogP contribution in [0.15, 0.2) is 60.7 Å².